The van der Waals surface area contributed by atoms with Crippen molar-refractivity contribution in [1.29, 1.82) is 0 Å². The molecule has 0 aromatic heterocycles. The highest BCUT2D eigenvalue weighted by Crippen LogP contribution is 2.18. The van der Waals surface area contributed by atoms with Crippen molar-refractivity contribution >= 4 is 27.7 Å². The molecule has 1 heterocycles. The number of carbonyl (C=O) groups is 1. The number of nitrogens with zero attached hydrogens (tertiary/aromatic N) is 3. The summed E-state index contributed by atoms with van der Waals surface area (Å²) in [4.78, 5) is 24.5. The maximum atomic E-state index is 12.6. The predicted octanol–water partition coefficient (Wildman–Crippen LogP) is 2.14. The van der Waals surface area contributed by atoms with E-state index in [2.05, 4.69) is 0 Å². The molecular formula is C19H19N3O5S. The lowest BCUT2D eigenvalue weighted by molar-refractivity contribution is -0.384. The van der Waals surface area contributed by atoms with Crippen LogP contribution in [0.25, 0.3) is 6.08 Å². The molecular weight excluding hydrogens is 382 g/mol. The Morgan fingerprint density at radius 3 is 2.32 bits per heavy atom. The molecule has 2 aromatic carbocycles. The van der Waals surface area contributed by atoms with Gasteiger partial charge >= 0.3 is 0 Å². The van der Waals surface area contributed by atoms with Gasteiger partial charge in [0.05, 0.1) is 9.82 Å². The second-order valence-electron chi connectivity index (χ2n) is 6.23. The molecule has 1 fully saturated rings. The molecule has 0 bridgehead atoms. The van der Waals surface area contributed by atoms with Crippen molar-refractivity contribution < 1.29 is 18.1 Å². The first kappa shape index (κ1) is 19.7. The SMILES string of the molecule is O=C(C=Cc1cccc([N+](=O)[O-])c1)N1CCN(S(=O)(=O)c2ccccc2)CC1. The molecule has 0 spiro atoms. The van der Waals surface area contributed by atoms with E-state index in [9.17, 15) is 23.3 Å². The van der Waals surface area contributed by atoms with E-state index in [1.807, 2.05) is 0 Å². The average Bonchev–Trinajstić information content (AvgIpc) is 2.73. The summed E-state index contributed by atoms with van der Waals surface area (Å²) < 4.78 is 26.6. The highest BCUT2D eigenvalue weighted by molar-refractivity contribution is 7.89. The quantitative estimate of drug-likeness (QED) is 0.434. The zero-order valence-corrected chi connectivity index (χ0v) is 15.8. The van der Waals surface area contributed by atoms with Crippen LogP contribution in [0.1, 0.15) is 5.56 Å². The van der Waals surface area contributed by atoms with Crippen LogP contribution in [0.15, 0.2) is 65.6 Å². The highest BCUT2D eigenvalue weighted by atomic mass is 32.2. The molecule has 1 aliphatic heterocycles. The van der Waals surface area contributed by atoms with E-state index in [1.165, 1.54) is 28.6 Å². The Hall–Kier alpha value is -3.04. The van der Waals surface area contributed by atoms with Gasteiger partial charge in [-0.15, -0.1) is 0 Å². The van der Waals surface area contributed by atoms with Gasteiger partial charge in [-0.1, -0.05) is 30.3 Å². The maximum absolute atomic E-state index is 12.6. The second-order valence-corrected chi connectivity index (χ2v) is 8.17. The standard InChI is InChI=1S/C19H19N3O5S/c23-19(10-9-16-5-4-6-17(15-16)22(24)25)20-11-13-21(14-12-20)28(26,27)18-7-2-1-3-8-18/h1-10,15H,11-14H2. The monoisotopic (exact) mass is 401 g/mol. The Morgan fingerprint density at radius 1 is 1.00 bits per heavy atom. The summed E-state index contributed by atoms with van der Waals surface area (Å²) in [5.74, 6) is -0.261. The number of hydrogen-bond donors (Lipinski definition) is 0. The average molecular weight is 401 g/mol. The smallest absolute Gasteiger partial charge is 0.270 e. The summed E-state index contributed by atoms with van der Waals surface area (Å²) in [7, 11) is -3.57. The summed E-state index contributed by atoms with van der Waals surface area (Å²) in [5.41, 5.74) is 0.502. The van der Waals surface area contributed by atoms with Crippen molar-refractivity contribution in [2.45, 2.75) is 4.90 Å². The summed E-state index contributed by atoms with van der Waals surface area (Å²) >= 11 is 0. The molecule has 3 rings (SSSR count). The molecule has 1 saturated heterocycles. The number of nitro groups is 1. The fourth-order valence-corrected chi connectivity index (χ4v) is 4.35. The van der Waals surface area contributed by atoms with Crippen molar-refractivity contribution in [2.24, 2.45) is 0 Å². The minimum Gasteiger partial charge on any atom is -0.337 e. The van der Waals surface area contributed by atoms with Crippen LogP contribution in [-0.2, 0) is 14.8 Å². The Balaban J connectivity index is 1.61. The molecule has 0 aliphatic carbocycles. The summed E-state index contributed by atoms with van der Waals surface area (Å²) in [6.45, 7) is 0.996. The van der Waals surface area contributed by atoms with Crippen LogP contribution in [0.3, 0.4) is 0 Å². The van der Waals surface area contributed by atoms with Crippen LogP contribution in [-0.4, -0.2) is 54.6 Å². The first-order chi connectivity index (χ1) is 13.4. The molecule has 8 nitrogen and oxygen atoms in total. The number of amides is 1. The molecule has 0 radical (unpaired) electrons. The Morgan fingerprint density at radius 2 is 1.68 bits per heavy atom. The predicted molar refractivity (Wildman–Crippen MR) is 104 cm³/mol. The van der Waals surface area contributed by atoms with Crippen LogP contribution < -0.4 is 0 Å². The van der Waals surface area contributed by atoms with Gasteiger partial charge in [-0.25, -0.2) is 8.42 Å². The molecule has 1 amide bonds. The van der Waals surface area contributed by atoms with E-state index in [4.69, 9.17) is 0 Å². The Labute approximate surface area is 162 Å². The number of nitro benzene ring substituents is 1. The number of carbonyl (C=O) groups excluding carboxylic acids is 1. The van der Waals surface area contributed by atoms with Crippen molar-refractivity contribution in [1.82, 2.24) is 9.21 Å². The topological polar surface area (TPSA) is 101 Å². The molecule has 146 valence electrons. The molecule has 0 unspecified atom stereocenters. The number of rotatable bonds is 5. The van der Waals surface area contributed by atoms with Crippen LogP contribution in [0.2, 0.25) is 0 Å². The molecule has 1 aliphatic rings. The van der Waals surface area contributed by atoms with Gasteiger partial charge in [0.25, 0.3) is 5.69 Å². The lowest BCUT2D eigenvalue weighted by Crippen LogP contribution is -2.50. The zero-order chi connectivity index (χ0) is 20.1. The molecule has 9 heteroatoms. The second kappa shape index (κ2) is 8.32. The van der Waals surface area contributed by atoms with Crippen molar-refractivity contribution in [3.63, 3.8) is 0 Å². The third-order valence-corrected chi connectivity index (χ3v) is 6.34. The van der Waals surface area contributed by atoms with E-state index in [-0.39, 0.29) is 42.7 Å². The minimum absolute atomic E-state index is 0.0469. The largest absolute Gasteiger partial charge is 0.337 e. The van der Waals surface area contributed by atoms with E-state index >= 15 is 0 Å². The van der Waals surface area contributed by atoms with Crippen LogP contribution in [0.5, 0.6) is 0 Å². The third kappa shape index (κ3) is 4.44. The van der Waals surface area contributed by atoms with Gasteiger partial charge < -0.3 is 4.90 Å². The van der Waals surface area contributed by atoms with Gasteiger partial charge in [-0.2, -0.15) is 4.31 Å². The lowest BCUT2D eigenvalue weighted by atomic mass is 10.2. The van der Waals surface area contributed by atoms with Crippen molar-refractivity contribution in [2.75, 3.05) is 26.2 Å². The molecule has 2 aromatic rings. The van der Waals surface area contributed by atoms with E-state index in [1.54, 1.807) is 47.4 Å². The maximum Gasteiger partial charge on any atom is 0.270 e. The van der Waals surface area contributed by atoms with Gasteiger partial charge in [-0.3, -0.25) is 14.9 Å². The zero-order valence-electron chi connectivity index (χ0n) is 15.0. The van der Waals surface area contributed by atoms with Crippen LogP contribution in [0, 0.1) is 10.1 Å². The van der Waals surface area contributed by atoms with E-state index in [0.717, 1.165) is 0 Å². The van der Waals surface area contributed by atoms with Crippen molar-refractivity contribution in [3.05, 3.63) is 76.4 Å². The summed E-state index contributed by atoms with van der Waals surface area (Å²) in [6, 6.07) is 14.2. The summed E-state index contributed by atoms with van der Waals surface area (Å²) in [6.07, 6.45) is 2.86. The van der Waals surface area contributed by atoms with Gasteiger partial charge in [0.1, 0.15) is 0 Å². The first-order valence-electron chi connectivity index (χ1n) is 8.64. The van der Waals surface area contributed by atoms with E-state index in [0.29, 0.717) is 5.56 Å². The third-order valence-electron chi connectivity index (χ3n) is 4.43. The molecule has 28 heavy (non-hydrogen) atoms. The van der Waals surface area contributed by atoms with Crippen LogP contribution >= 0.6 is 0 Å². The fraction of sp³-hybridized carbons (Fsp3) is 0.211. The number of non-ortho nitro benzene ring substituents is 1. The summed E-state index contributed by atoms with van der Waals surface area (Å²) in [5, 5.41) is 10.8. The highest BCUT2D eigenvalue weighted by Gasteiger charge is 2.29. The van der Waals surface area contributed by atoms with Crippen molar-refractivity contribution in [3.8, 4) is 0 Å². The first-order valence-corrected chi connectivity index (χ1v) is 10.1. The van der Waals surface area contributed by atoms with E-state index < -0.39 is 14.9 Å². The normalized spacial score (nSPS) is 15.6. The number of hydrogen-bond acceptors (Lipinski definition) is 5. The Kier molecular flexibility index (Phi) is 5.86. The number of sulfonamides is 1. The van der Waals surface area contributed by atoms with Crippen LogP contribution in [0.4, 0.5) is 5.69 Å². The fourth-order valence-electron chi connectivity index (χ4n) is 2.91. The molecule has 0 N–H and O–H groups in total. The minimum atomic E-state index is -3.57. The van der Waals surface area contributed by atoms with Gasteiger partial charge in [0.2, 0.25) is 15.9 Å². The molecule has 0 saturated carbocycles. The number of benzene rings is 2. The number of piperazine rings is 1. The van der Waals surface area contributed by atoms with Gasteiger partial charge in [0, 0.05) is 44.4 Å². The van der Waals surface area contributed by atoms with Gasteiger partial charge in [0.15, 0.2) is 0 Å². The Bertz CT molecular complexity index is 997. The molecule has 0 atom stereocenters. The van der Waals surface area contributed by atoms with Gasteiger partial charge in [-0.05, 0) is 23.8 Å². The lowest BCUT2D eigenvalue weighted by Gasteiger charge is -2.33.